The quantitative estimate of drug-likeness (QED) is 0.863. The predicted molar refractivity (Wildman–Crippen MR) is 82.7 cm³/mol. The third-order valence-electron chi connectivity index (χ3n) is 4.13. The topological polar surface area (TPSA) is 12.0 Å². The molecule has 100 valence electrons. The first-order chi connectivity index (χ1) is 9.06. The van der Waals surface area contributed by atoms with Gasteiger partial charge in [-0.25, -0.2) is 0 Å². The van der Waals surface area contributed by atoms with E-state index in [4.69, 9.17) is 0 Å². The largest absolute Gasteiger partial charge is 0.309 e. The molecule has 1 N–H and O–H groups in total. The van der Waals surface area contributed by atoms with E-state index in [1.165, 1.54) is 33.4 Å². The van der Waals surface area contributed by atoms with Crippen molar-refractivity contribution in [3.05, 3.63) is 69.8 Å². The average molecular weight is 253 g/mol. The Hall–Kier alpha value is -1.60. The molecule has 2 aromatic rings. The van der Waals surface area contributed by atoms with E-state index in [0.717, 1.165) is 0 Å². The average Bonchev–Trinajstić information content (AvgIpc) is 2.42. The molecule has 2 aromatic carbocycles. The number of hydrogen-bond donors (Lipinski definition) is 1. The molecular weight excluding hydrogens is 230 g/mol. The molecule has 2 rings (SSSR count). The molecule has 0 saturated carbocycles. The van der Waals surface area contributed by atoms with Gasteiger partial charge in [0.05, 0.1) is 6.04 Å². The predicted octanol–water partition coefficient (Wildman–Crippen LogP) is 4.23. The standard InChI is InChI=1S/C18H23N/c1-12-11-13(2)15(4)17(14(12)3)18(19-5)16-9-7-6-8-10-16/h6-11,18-19H,1-5H3. The fourth-order valence-corrected chi connectivity index (χ4v) is 2.80. The van der Waals surface area contributed by atoms with Crippen molar-refractivity contribution < 1.29 is 0 Å². The van der Waals surface area contributed by atoms with Crippen LogP contribution in [0, 0.1) is 27.7 Å². The van der Waals surface area contributed by atoms with Gasteiger partial charge >= 0.3 is 0 Å². The second-order valence-corrected chi connectivity index (χ2v) is 5.31. The molecule has 0 fully saturated rings. The van der Waals surface area contributed by atoms with Gasteiger partial charge in [0.25, 0.3) is 0 Å². The van der Waals surface area contributed by atoms with Gasteiger partial charge in [-0.2, -0.15) is 0 Å². The van der Waals surface area contributed by atoms with E-state index in [2.05, 4.69) is 69.4 Å². The minimum atomic E-state index is 0.264. The molecule has 1 unspecified atom stereocenters. The summed E-state index contributed by atoms with van der Waals surface area (Å²) in [6, 6.07) is 13.2. The van der Waals surface area contributed by atoms with Crippen LogP contribution in [0.4, 0.5) is 0 Å². The minimum Gasteiger partial charge on any atom is -0.309 e. The Morgan fingerprint density at radius 2 is 1.37 bits per heavy atom. The van der Waals surface area contributed by atoms with Crippen molar-refractivity contribution in [3.8, 4) is 0 Å². The number of hydrogen-bond acceptors (Lipinski definition) is 1. The van der Waals surface area contributed by atoms with E-state index in [1.807, 2.05) is 7.05 Å². The fourth-order valence-electron chi connectivity index (χ4n) is 2.80. The van der Waals surface area contributed by atoms with Crippen molar-refractivity contribution in [2.45, 2.75) is 33.7 Å². The third-order valence-corrected chi connectivity index (χ3v) is 4.13. The van der Waals surface area contributed by atoms with Gasteiger partial charge in [-0.15, -0.1) is 0 Å². The second-order valence-electron chi connectivity index (χ2n) is 5.31. The molecule has 0 aliphatic rings. The van der Waals surface area contributed by atoms with Crippen LogP contribution in [0.2, 0.25) is 0 Å². The van der Waals surface area contributed by atoms with Gasteiger partial charge in [0, 0.05) is 0 Å². The number of nitrogens with one attached hydrogen (secondary N) is 1. The van der Waals surface area contributed by atoms with Gasteiger partial charge in [-0.1, -0.05) is 36.4 Å². The van der Waals surface area contributed by atoms with E-state index in [-0.39, 0.29) is 6.04 Å². The van der Waals surface area contributed by atoms with Crippen molar-refractivity contribution in [1.82, 2.24) is 5.32 Å². The summed E-state index contributed by atoms with van der Waals surface area (Å²) >= 11 is 0. The molecule has 0 spiro atoms. The van der Waals surface area contributed by atoms with Gasteiger partial charge in [0.2, 0.25) is 0 Å². The van der Waals surface area contributed by atoms with Crippen molar-refractivity contribution in [2.24, 2.45) is 0 Å². The summed E-state index contributed by atoms with van der Waals surface area (Å²) in [6.45, 7) is 8.85. The number of aryl methyl sites for hydroxylation is 2. The molecule has 0 bridgehead atoms. The zero-order chi connectivity index (χ0) is 14.0. The minimum absolute atomic E-state index is 0.264. The van der Waals surface area contributed by atoms with Crippen molar-refractivity contribution in [2.75, 3.05) is 7.05 Å². The van der Waals surface area contributed by atoms with Gasteiger partial charge < -0.3 is 5.32 Å². The molecule has 1 atom stereocenters. The summed E-state index contributed by atoms with van der Waals surface area (Å²) in [5.41, 5.74) is 8.27. The van der Waals surface area contributed by atoms with Crippen LogP contribution in [0.3, 0.4) is 0 Å². The molecule has 0 aromatic heterocycles. The van der Waals surface area contributed by atoms with Crippen LogP contribution < -0.4 is 5.32 Å². The van der Waals surface area contributed by atoms with Crippen LogP contribution in [0.1, 0.15) is 39.4 Å². The number of rotatable bonds is 3. The Kier molecular flexibility index (Phi) is 4.06. The first-order valence-corrected chi connectivity index (χ1v) is 6.85. The van der Waals surface area contributed by atoms with Crippen LogP contribution >= 0.6 is 0 Å². The summed E-state index contributed by atoms with van der Waals surface area (Å²) in [4.78, 5) is 0. The molecule has 0 aliphatic heterocycles. The summed E-state index contributed by atoms with van der Waals surface area (Å²) in [6.07, 6.45) is 0. The van der Waals surface area contributed by atoms with Crippen LogP contribution in [0.25, 0.3) is 0 Å². The molecule has 0 heterocycles. The normalized spacial score (nSPS) is 12.5. The van der Waals surface area contributed by atoms with Crippen molar-refractivity contribution in [3.63, 3.8) is 0 Å². The molecule has 19 heavy (non-hydrogen) atoms. The Balaban J connectivity index is 2.62. The molecule has 0 radical (unpaired) electrons. The lowest BCUT2D eigenvalue weighted by Gasteiger charge is -2.24. The molecule has 1 heteroatoms. The first kappa shape index (κ1) is 13.8. The Morgan fingerprint density at radius 3 is 1.84 bits per heavy atom. The van der Waals surface area contributed by atoms with E-state index < -0.39 is 0 Å². The van der Waals surface area contributed by atoms with Gasteiger partial charge in [-0.3, -0.25) is 0 Å². The molecule has 0 amide bonds. The van der Waals surface area contributed by atoms with Crippen molar-refractivity contribution in [1.29, 1.82) is 0 Å². The van der Waals surface area contributed by atoms with Gasteiger partial charge in [0.15, 0.2) is 0 Å². The molecule has 0 aliphatic carbocycles. The Bertz CT molecular complexity index is 544. The van der Waals surface area contributed by atoms with Gasteiger partial charge in [0.1, 0.15) is 0 Å². The van der Waals surface area contributed by atoms with Crippen LogP contribution in [0.15, 0.2) is 36.4 Å². The zero-order valence-corrected chi connectivity index (χ0v) is 12.5. The maximum Gasteiger partial charge on any atom is 0.0579 e. The van der Waals surface area contributed by atoms with Gasteiger partial charge in [-0.05, 0) is 68.1 Å². The second kappa shape index (κ2) is 5.58. The van der Waals surface area contributed by atoms with Crippen LogP contribution in [-0.4, -0.2) is 7.05 Å². The fraction of sp³-hybridized carbons (Fsp3) is 0.333. The van der Waals surface area contributed by atoms with E-state index in [9.17, 15) is 0 Å². The molecular formula is C18H23N. The summed E-state index contributed by atoms with van der Waals surface area (Å²) in [5, 5.41) is 3.47. The van der Waals surface area contributed by atoms with E-state index >= 15 is 0 Å². The van der Waals surface area contributed by atoms with E-state index in [0.29, 0.717) is 0 Å². The summed E-state index contributed by atoms with van der Waals surface area (Å²) in [7, 11) is 2.04. The van der Waals surface area contributed by atoms with E-state index in [1.54, 1.807) is 0 Å². The monoisotopic (exact) mass is 253 g/mol. The smallest absolute Gasteiger partial charge is 0.0579 e. The highest BCUT2D eigenvalue weighted by Gasteiger charge is 2.18. The highest BCUT2D eigenvalue weighted by atomic mass is 14.9. The highest BCUT2D eigenvalue weighted by molar-refractivity contribution is 5.48. The third kappa shape index (κ3) is 2.57. The SMILES string of the molecule is CNC(c1ccccc1)c1c(C)c(C)cc(C)c1C. The lowest BCUT2D eigenvalue weighted by atomic mass is 9.87. The lowest BCUT2D eigenvalue weighted by Crippen LogP contribution is -2.20. The van der Waals surface area contributed by atoms with Crippen LogP contribution in [-0.2, 0) is 0 Å². The lowest BCUT2D eigenvalue weighted by molar-refractivity contribution is 0.681. The molecule has 0 saturated heterocycles. The highest BCUT2D eigenvalue weighted by Crippen LogP contribution is 2.31. The van der Waals surface area contributed by atoms with Crippen LogP contribution in [0.5, 0.6) is 0 Å². The number of benzene rings is 2. The zero-order valence-electron chi connectivity index (χ0n) is 12.5. The van der Waals surface area contributed by atoms with Crippen molar-refractivity contribution >= 4 is 0 Å². The Labute approximate surface area is 116 Å². The summed E-state index contributed by atoms with van der Waals surface area (Å²) in [5.74, 6) is 0. The maximum absolute atomic E-state index is 3.47. The summed E-state index contributed by atoms with van der Waals surface area (Å²) < 4.78 is 0. The molecule has 1 nitrogen and oxygen atoms in total. The maximum atomic E-state index is 3.47. The Morgan fingerprint density at radius 1 is 0.842 bits per heavy atom. The first-order valence-electron chi connectivity index (χ1n) is 6.85.